The van der Waals surface area contributed by atoms with E-state index in [0.29, 0.717) is 12.1 Å². The van der Waals surface area contributed by atoms with E-state index in [1.165, 1.54) is 0 Å². The molecule has 0 saturated heterocycles. The minimum absolute atomic E-state index is 0.478. The SMILES string of the molecule is OC(Cc1ccccn1)c1cnsn1. The molecule has 2 heterocycles. The third-order valence-corrected chi connectivity index (χ3v) is 2.34. The number of nitrogens with zero attached hydrogens (tertiary/aromatic N) is 3. The third-order valence-electron chi connectivity index (χ3n) is 1.85. The zero-order valence-corrected chi connectivity index (χ0v) is 8.18. The van der Waals surface area contributed by atoms with Crippen molar-refractivity contribution >= 4 is 11.7 Å². The topological polar surface area (TPSA) is 58.9 Å². The van der Waals surface area contributed by atoms with Crippen molar-refractivity contribution in [3.05, 3.63) is 42.0 Å². The molecule has 72 valence electrons. The van der Waals surface area contributed by atoms with Gasteiger partial charge in [0.1, 0.15) is 11.8 Å². The number of aromatic nitrogens is 3. The largest absolute Gasteiger partial charge is 0.386 e. The molecule has 0 amide bonds. The number of aliphatic hydroxyl groups excluding tert-OH is 1. The molecule has 0 aliphatic heterocycles. The van der Waals surface area contributed by atoms with Crippen molar-refractivity contribution in [2.45, 2.75) is 12.5 Å². The van der Waals surface area contributed by atoms with Crippen LogP contribution < -0.4 is 0 Å². The molecular weight excluding hydrogens is 198 g/mol. The Balaban J connectivity index is 2.06. The Morgan fingerprint density at radius 2 is 2.36 bits per heavy atom. The van der Waals surface area contributed by atoms with Gasteiger partial charge < -0.3 is 5.11 Å². The molecule has 2 aromatic rings. The van der Waals surface area contributed by atoms with E-state index >= 15 is 0 Å². The molecule has 0 fully saturated rings. The predicted octanol–water partition coefficient (Wildman–Crippen LogP) is 1.21. The van der Waals surface area contributed by atoms with Crippen molar-refractivity contribution in [3.8, 4) is 0 Å². The molecule has 0 aliphatic rings. The van der Waals surface area contributed by atoms with Gasteiger partial charge in [-0.1, -0.05) is 6.07 Å². The Labute approximate surface area is 85.6 Å². The number of rotatable bonds is 3. The van der Waals surface area contributed by atoms with Crippen LogP contribution in [0.3, 0.4) is 0 Å². The second-order valence-corrected chi connectivity index (χ2v) is 3.43. The Morgan fingerprint density at radius 3 is 3.00 bits per heavy atom. The molecule has 0 saturated carbocycles. The Bertz CT molecular complexity index is 376. The van der Waals surface area contributed by atoms with Crippen LogP contribution >= 0.6 is 11.7 Å². The van der Waals surface area contributed by atoms with Crippen LogP contribution in [0.1, 0.15) is 17.5 Å². The number of pyridine rings is 1. The summed E-state index contributed by atoms with van der Waals surface area (Å²) in [5.41, 5.74) is 1.47. The van der Waals surface area contributed by atoms with Crippen LogP contribution in [-0.2, 0) is 6.42 Å². The molecule has 5 heteroatoms. The highest BCUT2D eigenvalue weighted by Crippen LogP contribution is 2.14. The van der Waals surface area contributed by atoms with Crippen LogP contribution in [0, 0.1) is 0 Å². The van der Waals surface area contributed by atoms with E-state index < -0.39 is 6.10 Å². The predicted molar refractivity (Wildman–Crippen MR) is 52.8 cm³/mol. The Hall–Kier alpha value is -1.33. The molecule has 1 N–H and O–H groups in total. The van der Waals surface area contributed by atoms with Crippen LogP contribution in [0.15, 0.2) is 30.6 Å². The van der Waals surface area contributed by atoms with Gasteiger partial charge >= 0.3 is 0 Å². The number of hydrogen-bond acceptors (Lipinski definition) is 5. The first-order valence-corrected chi connectivity index (χ1v) is 4.95. The van der Waals surface area contributed by atoms with Crippen LogP contribution in [0.4, 0.5) is 0 Å². The standard InChI is InChI=1S/C9H9N3OS/c13-9(8-6-11-14-12-8)5-7-3-1-2-4-10-7/h1-4,6,9,13H,5H2. The molecular formula is C9H9N3OS. The summed E-state index contributed by atoms with van der Waals surface area (Å²) in [6.07, 6.45) is 3.16. The van der Waals surface area contributed by atoms with Gasteiger partial charge in [-0.05, 0) is 12.1 Å². The fourth-order valence-electron chi connectivity index (χ4n) is 1.14. The summed E-state index contributed by atoms with van der Waals surface area (Å²) >= 11 is 1.10. The van der Waals surface area contributed by atoms with Gasteiger partial charge in [0, 0.05) is 18.3 Å². The summed E-state index contributed by atoms with van der Waals surface area (Å²) in [6.45, 7) is 0. The van der Waals surface area contributed by atoms with E-state index in [2.05, 4.69) is 13.7 Å². The molecule has 4 nitrogen and oxygen atoms in total. The van der Waals surface area contributed by atoms with Gasteiger partial charge in [-0.25, -0.2) is 0 Å². The van der Waals surface area contributed by atoms with Crippen LogP contribution in [0.5, 0.6) is 0 Å². The van der Waals surface area contributed by atoms with Gasteiger partial charge in [0.05, 0.1) is 17.9 Å². The highest BCUT2D eigenvalue weighted by Gasteiger charge is 2.11. The summed E-state index contributed by atoms with van der Waals surface area (Å²) in [5.74, 6) is 0. The molecule has 2 aromatic heterocycles. The first-order chi connectivity index (χ1) is 6.86. The minimum Gasteiger partial charge on any atom is -0.386 e. The van der Waals surface area contributed by atoms with Gasteiger partial charge in [0.15, 0.2) is 0 Å². The zero-order chi connectivity index (χ0) is 9.80. The summed E-state index contributed by atoms with van der Waals surface area (Å²) in [6, 6.07) is 5.62. The van der Waals surface area contributed by atoms with E-state index in [4.69, 9.17) is 0 Å². The van der Waals surface area contributed by atoms with Gasteiger partial charge in [0.25, 0.3) is 0 Å². The molecule has 1 atom stereocenters. The summed E-state index contributed by atoms with van der Waals surface area (Å²) < 4.78 is 7.80. The molecule has 2 rings (SSSR count). The van der Waals surface area contributed by atoms with E-state index in [1.54, 1.807) is 12.4 Å². The highest BCUT2D eigenvalue weighted by molar-refractivity contribution is 6.99. The van der Waals surface area contributed by atoms with E-state index in [1.807, 2.05) is 18.2 Å². The van der Waals surface area contributed by atoms with Crippen molar-refractivity contribution in [2.24, 2.45) is 0 Å². The molecule has 0 spiro atoms. The van der Waals surface area contributed by atoms with E-state index in [9.17, 15) is 5.11 Å². The fourth-order valence-corrected chi connectivity index (χ4v) is 1.61. The van der Waals surface area contributed by atoms with Crippen molar-refractivity contribution in [1.82, 2.24) is 13.7 Å². The summed E-state index contributed by atoms with van der Waals surface area (Å²) in [4.78, 5) is 4.12. The lowest BCUT2D eigenvalue weighted by molar-refractivity contribution is 0.173. The van der Waals surface area contributed by atoms with Crippen LogP contribution in [0.25, 0.3) is 0 Å². The average molecular weight is 207 g/mol. The maximum atomic E-state index is 9.73. The van der Waals surface area contributed by atoms with Crippen LogP contribution in [-0.4, -0.2) is 18.8 Å². The van der Waals surface area contributed by atoms with Crippen molar-refractivity contribution in [1.29, 1.82) is 0 Å². The normalized spacial score (nSPS) is 12.6. The quantitative estimate of drug-likeness (QED) is 0.821. The maximum Gasteiger partial charge on any atom is 0.104 e. The fraction of sp³-hybridized carbons (Fsp3) is 0.222. The van der Waals surface area contributed by atoms with Crippen molar-refractivity contribution < 1.29 is 5.11 Å². The zero-order valence-electron chi connectivity index (χ0n) is 7.37. The number of aliphatic hydroxyl groups is 1. The maximum absolute atomic E-state index is 9.73. The lowest BCUT2D eigenvalue weighted by Crippen LogP contribution is -2.03. The first kappa shape index (κ1) is 9.23. The van der Waals surface area contributed by atoms with E-state index in [0.717, 1.165) is 17.4 Å². The second kappa shape index (κ2) is 4.26. The molecule has 1 unspecified atom stereocenters. The van der Waals surface area contributed by atoms with Crippen LogP contribution in [0.2, 0.25) is 0 Å². The number of hydrogen-bond donors (Lipinski definition) is 1. The van der Waals surface area contributed by atoms with E-state index in [-0.39, 0.29) is 0 Å². The Kier molecular flexibility index (Phi) is 2.81. The molecule has 0 aromatic carbocycles. The Morgan fingerprint density at radius 1 is 1.43 bits per heavy atom. The summed E-state index contributed by atoms with van der Waals surface area (Å²) in [5, 5.41) is 9.73. The minimum atomic E-state index is -0.608. The molecule has 0 bridgehead atoms. The molecule has 0 radical (unpaired) electrons. The summed E-state index contributed by atoms with van der Waals surface area (Å²) in [7, 11) is 0. The lowest BCUT2D eigenvalue weighted by atomic mass is 10.1. The van der Waals surface area contributed by atoms with Gasteiger partial charge in [-0.15, -0.1) is 0 Å². The third kappa shape index (κ3) is 2.12. The lowest BCUT2D eigenvalue weighted by Gasteiger charge is -2.05. The molecule has 14 heavy (non-hydrogen) atoms. The average Bonchev–Trinajstić information content (AvgIpc) is 2.72. The van der Waals surface area contributed by atoms with Crippen molar-refractivity contribution in [2.75, 3.05) is 0 Å². The van der Waals surface area contributed by atoms with Gasteiger partial charge in [0.2, 0.25) is 0 Å². The highest BCUT2D eigenvalue weighted by atomic mass is 32.1. The van der Waals surface area contributed by atoms with Crippen molar-refractivity contribution in [3.63, 3.8) is 0 Å². The molecule has 0 aliphatic carbocycles. The van der Waals surface area contributed by atoms with Gasteiger partial charge in [-0.3, -0.25) is 4.98 Å². The van der Waals surface area contributed by atoms with Gasteiger partial charge in [-0.2, -0.15) is 8.75 Å². The second-order valence-electron chi connectivity index (χ2n) is 2.87. The first-order valence-electron chi connectivity index (χ1n) is 4.21. The monoisotopic (exact) mass is 207 g/mol. The smallest absolute Gasteiger partial charge is 0.104 e.